The molecule has 1 aromatic carbocycles. The second-order valence-electron chi connectivity index (χ2n) is 7.46. The topological polar surface area (TPSA) is 87.7 Å². The number of imide groups is 1. The molecule has 4 amide bonds. The van der Waals surface area contributed by atoms with Crippen LogP contribution in [0.2, 0.25) is 0 Å². The molecule has 3 rings (SSSR count). The minimum absolute atomic E-state index is 0.0272. The number of aryl methyl sites for hydroxylation is 1. The Morgan fingerprint density at radius 1 is 1.31 bits per heavy atom. The maximum Gasteiger partial charge on any atom is 0.422 e. The molecule has 2 N–H and O–H groups in total. The predicted octanol–water partition coefficient (Wildman–Crippen LogP) is 3.13. The van der Waals surface area contributed by atoms with Crippen LogP contribution in [0.1, 0.15) is 38.2 Å². The number of carbonyl (C=O) groups excluding carboxylic acids is 3. The van der Waals surface area contributed by atoms with E-state index >= 15 is 0 Å². The molecular weight excluding hydrogens is 391 g/mol. The number of hydrogen-bond acceptors (Lipinski definition) is 4. The first-order chi connectivity index (χ1) is 13.5. The number of benzene rings is 1. The zero-order valence-corrected chi connectivity index (χ0v) is 16.1. The van der Waals surface area contributed by atoms with Crippen LogP contribution in [-0.4, -0.2) is 47.1 Å². The van der Waals surface area contributed by atoms with Crippen molar-refractivity contribution in [3.63, 3.8) is 0 Å². The number of ether oxygens (including phenoxy) is 1. The monoisotopic (exact) mass is 413 g/mol. The molecule has 0 aromatic heterocycles. The number of urea groups is 1. The Bertz CT molecular complexity index is 834. The van der Waals surface area contributed by atoms with Gasteiger partial charge in [-0.1, -0.05) is 18.9 Å². The van der Waals surface area contributed by atoms with Crippen molar-refractivity contribution in [3.05, 3.63) is 23.8 Å². The Morgan fingerprint density at radius 2 is 1.97 bits per heavy atom. The van der Waals surface area contributed by atoms with Crippen molar-refractivity contribution in [1.29, 1.82) is 0 Å². The predicted molar refractivity (Wildman–Crippen MR) is 97.4 cm³/mol. The lowest BCUT2D eigenvalue weighted by atomic mass is 9.97. The zero-order valence-electron chi connectivity index (χ0n) is 16.1. The number of alkyl halides is 3. The highest BCUT2D eigenvalue weighted by Gasteiger charge is 2.54. The Hall–Kier alpha value is -2.78. The molecule has 2 aliphatic rings. The van der Waals surface area contributed by atoms with Crippen LogP contribution < -0.4 is 15.4 Å². The molecule has 1 atom stereocenters. The molecule has 1 spiro atoms. The SMILES string of the molecule is Cc1ccc(NC(=O)C(C)N2C(=O)NC3(CCCC3)C2=O)c(OCC(F)(F)F)c1. The molecule has 2 fully saturated rings. The zero-order chi connectivity index (χ0) is 21.4. The summed E-state index contributed by atoms with van der Waals surface area (Å²) in [5.74, 6) is -1.29. The lowest BCUT2D eigenvalue weighted by Gasteiger charge is -2.24. The fourth-order valence-electron chi connectivity index (χ4n) is 3.68. The fourth-order valence-corrected chi connectivity index (χ4v) is 3.68. The van der Waals surface area contributed by atoms with Gasteiger partial charge in [-0.05, 0) is 44.4 Å². The molecule has 1 saturated carbocycles. The summed E-state index contributed by atoms with van der Waals surface area (Å²) >= 11 is 0. The fraction of sp³-hybridized carbons (Fsp3) is 0.526. The van der Waals surface area contributed by atoms with E-state index in [1.807, 2.05) is 0 Å². The highest BCUT2D eigenvalue weighted by molar-refractivity contribution is 6.11. The van der Waals surface area contributed by atoms with Crippen LogP contribution in [0.4, 0.5) is 23.7 Å². The van der Waals surface area contributed by atoms with Gasteiger partial charge >= 0.3 is 12.2 Å². The van der Waals surface area contributed by atoms with Gasteiger partial charge in [0.05, 0.1) is 5.69 Å². The van der Waals surface area contributed by atoms with Crippen LogP contribution in [0, 0.1) is 6.92 Å². The molecule has 1 heterocycles. The quantitative estimate of drug-likeness (QED) is 0.726. The smallest absolute Gasteiger partial charge is 0.422 e. The van der Waals surface area contributed by atoms with Gasteiger partial charge in [-0.2, -0.15) is 13.2 Å². The number of amides is 4. The van der Waals surface area contributed by atoms with Crippen LogP contribution in [0.5, 0.6) is 5.75 Å². The van der Waals surface area contributed by atoms with Gasteiger partial charge in [0.15, 0.2) is 6.61 Å². The van der Waals surface area contributed by atoms with Crippen molar-refractivity contribution in [2.45, 2.75) is 57.3 Å². The van der Waals surface area contributed by atoms with Crippen molar-refractivity contribution in [3.8, 4) is 5.75 Å². The molecule has 7 nitrogen and oxygen atoms in total. The van der Waals surface area contributed by atoms with E-state index in [0.717, 1.165) is 17.7 Å². The molecule has 1 saturated heterocycles. The van der Waals surface area contributed by atoms with Gasteiger partial charge in [0.2, 0.25) is 5.91 Å². The van der Waals surface area contributed by atoms with E-state index < -0.39 is 42.2 Å². The molecule has 0 bridgehead atoms. The Morgan fingerprint density at radius 3 is 2.59 bits per heavy atom. The summed E-state index contributed by atoms with van der Waals surface area (Å²) in [5, 5.41) is 5.16. The largest absolute Gasteiger partial charge is 0.482 e. The lowest BCUT2D eigenvalue weighted by Crippen LogP contribution is -2.48. The summed E-state index contributed by atoms with van der Waals surface area (Å²) in [7, 11) is 0. The van der Waals surface area contributed by atoms with Crippen molar-refractivity contribution >= 4 is 23.5 Å². The van der Waals surface area contributed by atoms with E-state index in [1.54, 1.807) is 13.0 Å². The number of nitrogens with zero attached hydrogens (tertiary/aromatic N) is 1. The van der Waals surface area contributed by atoms with Gasteiger partial charge in [0.1, 0.15) is 17.3 Å². The molecule has 1 unspecified atom stereocenters. The molecule has 158 valence electrons. The summed E-state index contributed by atoms with van der Waals surface area (Å²) in [5.41, 5.74) is -0.277. The van der Waals surface area contributed by atoms with Gasteiger partial charge in [-0.25, -0.2) is 9.69 Å². The van der Waals surface area contributed by atoms with Crippen molar-refractivity contribution in [2.75, 3.05) is 11.9 Å². The molecule has 29 heavy (non-hydrogen) atoms. The highest BCUT2D eigenvalue weighted by atomic mass is 19.4. The summed E-state index contributed by atoms with van der Waals surface area (Å²) < 4.78 is 42.3. The van der Waals surface area contributed by atoms with E-state index in [2.05, 4.69) is 10.6 Å². The molecule has 1 aromatic rings. The van der Waals surface area contributed by atoms with Crippen LogP contribution in [0.3, 0.4) is 0 Å². The number of anilines is 1. The van der Waals surface area contributed by atoms with E-state index in [1.165, 1.54) is 19.1 Å². The van der Waals surface area contributed by atoms with Gasteiger partial charge in [0, 0.05) is 0 Å². The lowest BCUT2D eigenvalue weighted by molar-refractivity contribution is -0.153. The third kappa shape index (κ3) is 4.30. The van der Waals surface area contributed by atoms with E-state index in [0.29, 0.717) is 18.4 Å². The van der Waals surface area contributed by atoms with Gasteiger partial charge in [0.25, 0.3) is 5.91 Å². The van der Waals surface area contributed by atoms with Gasteiger partial charge in [-0.15, -0.1) is 0 Å². The first kappa shape index (κ1) is 20.9. The standard InChI is InChI=1S/C19H22F3N3O4/c1-11-5-6-13(14(9-11)29-10-19(20,21)22)23-15(26)12(2)25-16(27)18(24-17(25)28)7-3-4-8-18/h5-6,9,12H,3-4,7-8,10H2,1-2H3,(H,23,26)(H,24,28). The van der Waals surface area contributed by atoms with Crippen LogP contribution in [-0.2, 0) is 9.59 Å². The molecule has 1 aliphatic heterocycles. The number of halogens is 3. The Kier molecular flexibility index (Phi) is 5.46. The number of rotatable bonds is 5. The van der Waals surface area contributed by atoms with Gasteiger partial charge < -0.3 is 15.4 Å². The van der Waals surface area contributed by atoms with Gasteiger partial charge in [-0.3, -0.25) is 9.59 Å². The average Bonchev–Trinajstić information content (AvgIpc) is 3.19. The summed E-state index contributed by atoms with van der Waals surface area (Å²) in [4.78, 5) is 38.7. The summed E-state index contributed by atoms with van der Waals surface area (Å²) in [6, 6.07) is 2.60. The Labute approximate surface area is 165 Å². The summed E-state index contributed by atoms with van der Waals surface area (Å²) in [6.45, 7) is 1.55. The molecule has 10 heteroatoms. The minimum Gasteiger partial charge on any atom is -0.482 e. The first-order valence-electron chi connectivity index (χ1n) is 9.29. The molecule has 1 aliphatic carbocycles. The number of nitrogens with one attached hydrogen (secondary N) is 2. The highest BCUT2D eigenvalue weighted by Crippen LogP contribution is 2.36. The number of hydrogen-bond donors (Lipinski definition) is 2. The second-order valence-corrected chi connectivity index (χ2v) is 7.46. The molecule has 0 radical (unpaired) electrons. The van der Waals surface area contributed by atoms with Crippen molar-refractivity contribution in [1.82, 2.24) is 10.2 Å². The van der Waals surface area contributed by atoms with Crippen LogP contribution >= 0.6 is 0 Å². The average molecular weight is 413 g/mol. The Balaban J connectivity index is 1.75. The second kappa shape index (κ2) is 7.57. The maximum absolute atomic E-state index is 12.8. The van der Waals surface area contributed by atoms with Crippen LogP contribution in [0.25, 0.3) is 0 Å². The number of carbonyl (C=O) groups is 3. The van der Waals surface area contributed by atoms with E-state index in [9.17, 15) is 27.6 Å². The summed E-state index contributed by atoms with van der Waals surface area (Å²) in [6.07, 6.45) is -1.87. The van der Waals surface area contributed by atoms with Crippen LogP contribution in [0.15, 0.2) is 18.2 Å². The molecular formula is C19H22F3N3O4. The first-order valence-corrected chi connectivity index (χ1v) is 9.29. The maximum atomic E-state index is 12.8. The third-order valence-electron chi connectivity index (χ3n) is 5.20. The minimum atomic E-state index is -4.53. The third-order valence-corrected chi connectivity index (χ3v) is 5.20. The van der Waals surface area contributed by atoms with E-state index in [-0.39, 0.29) is 11.4 Å². The van der Waals surface area contributed by atoms with Crippen molar-refractivity contribution in [2.24, 2.45) is 0 Å². The van der Waals surface area contributed by atoms with E-state index in [4.69, 9.17) is 4.74 Å². The van der Waals surface area contributed by atoms with Crippen molar-refractivity contribution < 1.29 is 32.3 Å². The normalized spacial score (nSPS) is 19.4.